The summed E-state index contributed by atoms with van der Waals surface area (Å²) in [5, 5.41) is 8.75. The van der Waals surface area contributed by atoms with E-state index in [4.69, 9.17) is 10.00 Å². The molecule has 0 aliphatic carbocycles. The molecule has 0 atom stereocenters. The Bertz CT molecular complexity index is 860. The molecule has 24 heavy (non-hydrogen) atoms. The molecule has 3 heteroatoms. The fraction of sp³-hybridized carbons (Fsp3) is 0.0476. The van der Waals surface area contributed by atoms with E-state index >= 15 is 0 Å². The number of nitriles is 1. The molecule has 0 unspecified atom stereocenters. The monoisotopic (exact) mass is 313 g/mol. The summed E-state index contributed by atoms with van der Waals surface area (Å²) in [6.45, 7) is 0. The summed E-state index contributed by atoms with van der Waals surface area (Å²) in [6.07, 6.45) is 0.203. The third kappa shape index (κ3) is 3.88. The average molecular weight is 313 g/mol. The maximum absolute atomic E-state index is 12.0. The van der Waals surface area contributed by atoms with Crippen molar-refractivity contribution in [2.24, 2.45) is 0 Å². The van der Waals surface area contributed by atoms with Gasteiger partial charge < -0.3 is 4.74 Å². The number of ether oxygens (including phenoxy) is 1. The molecule has 0 saturated heterocycles. The van der Waals surface area contributed by atoms with Crippen LogP contribution in [0.1, 0.15) is 11.1 Å². The molecule has 3 aromatic rings. The van der Waals surface area contributed by atoms with Gasteiger partial charge in [-0.05, 0) is 41.0 Å². The Morgan fingerprint density at radius 2 is 1.46 bits per heavy atom. The van der Waals surface area contributed by atoms with E-state index in [0.29, 0.717) is 11.3 Å². The predicted octanol–water partition coefficient (Wildman–Crippen LogP) is 4.37. The molecule has 3 aromatic carbocycles. The van der Waals surface area contributed by atoms with E-state index in [1.165, 1.54) is 0 Å². The van der Waals surface area contributed by atoms with Gasteiger partial charge in [0, 0.05) is 0 Å². The number of carbonyl (C=O) groups is 1. The van der Waals surface area contributed by atoms with Crippen LogP contribution in [-0.4, -0.2) is 5.97 Å². The molecule has 3 rings (SSSR count). The number of hydrogen-bond acceptors (Lipinski definition) is 3. The van der Waals surface area contributed by atoms with Crippen molar-refractivity contribution >= 4 is 5.97 Å². The fourth-order valence-electron chi connectivity index (χ4n) is 2.38. The van der Waals surface area contributed by atoms with Gasteiger partial charge in [0.1, 0.15) is 5.75 Å². The molecule has 0 radical (unpaired) electrons. The normalized spacial score (nSPS) is 9.96. The van der Waals surface area contributed by atoms with Gasteiger partial charge in [0.2, 0.25) is 0 Å². The topological polar surface area (TPSA) is 50.1 Å². The van der Waals surface area contributed by atoms with Crippen LogP contribution in [0, 0.1) is 11.3 Å². The highest BCUT2D eigenvalue weighted by atomic mass is 16.5. The number of carbonyl (C=O) groups excluding carboxylic acids is 1. The summed E-state index contributed by atoms with van der Waals surface area (Å²) in [7, 11) is 0. The minimum Gasteiger partial charge on any atom is -0.426 e. The second-order valence-electron chi connectivity index (χ2n) is 5.35. The van der Waals surface area contributed by atoms with Crippen molar-refractivity contribution in [1.29, 1.82) is 5.26 Å². The molecule has 0 aliphatic rings. The van der Waals surface area contributed by atoms with Crippen molar-refractivity contribution in [3.63, 3.8) is 0 Å². The molecular weight excluding hydrogens is 298 g/mol. The van der Waals surface area contributed by atoms with Crippen molar-refractivity contribution in [3.8, 4) is 22.9 Å². The number of nitrogens with zero attached hydrogens (tertiary/aromatic N) is 1. The quantitative estimate of drug-likeness (QED) is 0.531. The molecule has 0 bridgehead atoms. The van der Waals surface area contributed by atoms with E-state index < -0.39 is 0 Å². The molecule has 0 aliphatic heterocycles. The maximum Gasteiger partial charge on any atom is 0.315 e. The van der Waals surface area contributed by atoms with Gasteiger partial charge in [0.05, 0.1) is 18.1 Å². The fourth-order valence-corrected chi connectivity index (χ4v) is 2.38. The Morgan fingerprint density at radius 3 is 2.08 bits per heavy atom. The lowest BCUT2D eigenvalue weighted by Gasteiger charge is -2.06. The van der Waals surface area contributed by atoms with E-state index in [2.05, 4.69) is 0 Å². The van der Waals surface area contributed by atoms with E-state index in [1.807, 2.05) is 60.7 Å². The Hall–Kier alpha value is -3.38. The Balaban J connectivity index is 1.63. The summed E-state index contributed by atoms with van der Waals surface area (Å²) in [6, 6.07) is 26.5. The number of rotatable bonds is 4. The minimum absolute atomic E-state index is 0.203. The van der Waals surface area contributed by atoms with E-state index in [1.54, 1.807) is 24.3 Å². The molecule has 3 nitrogen and oxygen atoms in total. The van der Waals surface area contributed by atoms with Gasteiger partial charge in [-0.3, -0.25) is 4.79 Å². The van der Waals surface area contributed by atoms with Crippen LogP contribution in [0.3, 0.4) is 0 Å². The second-order valence-corrected chi connectivity index (χ2v) is 5.35. The van der Waals surface area contributed by atoms with Crippen molar-refractivity contribution < 1.29 is 9.53 Å². The first-order chi connectivity index (χ1) is 11.7. The van der Waals surface area contributed by atoms with Gasteiger partial charge in [-0.2, -0.15) is 5.26 Å². The molecule has 116 valence electrons. The Morgan fingerprint density at radius 1 is 0.833 bits per heavy atom. The van der Waals surface area contributed by atoms with E-state index in [-0.39, 0.29) is 12.4 Å². The SMILES string of the molecule is N#Cc1ccc(OC(=O)Cc2ccc(-c3ccccc3)cc2)cc1. The second kappa shape index (κ2) is 7.26. The van der Waals surface area contributed by atoms with Gasteiger partial charge in [0.25, 0.3) is 0 Å². The summed E-state index contributed by atoms with van der Waals surface area (Å²) in [4.78, 5) is 12.0. The van der Waals surface area contributed by atoms with Crippen LogP contribution in [0.25, 0.3) is 11.1 Å². The lowest BCUT2D eigenvalue weighted by molar-refractivity contribution is -0.133. The van der Waals surface area contributed by atoms with Crippen LogP contribution in [0.2, 0.25) is 0 Å². The number of benzene rings is 3. The Labute approximate surface area is 140 Å². The average Bonchev–Trinajstić information content (AvgIpc) is 2.64. The highest BCUT2D eigenvalue weighted by Crippen LogP contribution is 2.20. The van der Waals surface area contributed by atoms with Crippen molar-refractivity contribution in [1.82, 2.24) is 0 Å². The lowest BCUT2D eigenvalue weighted by Crippen LogP contribution is -2.11. The molecule has 0 N–H and O–H groups in total. The lowest BCUT2D eigenvalue weighted by atomic mass is 10.0. The molecule has 0 saturated carbocycles. The zero-order valence-electron chi connectivity index (χ0n) is 13.0. The summed E-state index contributed by atoms with van der Waals surface area (Å²) < 4.78 is 5.28. The largest absolute Gasteiger partial charge is 0.426 e. The summed E-state index contributed by atoms with van der Waals surface area (Å²) in [5.41, 5.74) is 3.68. The van der Waals surface area contributed by atoms with Gasteiger partial charge >= 0.3 is 5.97 Å². The zero-order chi connectivity index (χ0) is 16.8. The Kier molecular flexibility index (Phi) is 4.69. The van der Waals surface area contributed by atoms with E-state index in [0.717, 1.165) is 16.7 Å². The van der Waals surface area contributed by atoms with Crippen molar-refractivity contribution in [3.05, 3.63) is 90.0 Å². The third-order valence-electron chi connectivity index (χ3n) is 3.62. The molecule has 0 fully saturated rings. The van der Waals surface area contributed by atoms with Crippen LogP contribution in [0.4, 0.5) is 0 Å². The molecule has 0 heterocycles. The minimum atomic E-state index is -0.327. The highest BCUT2D eigenvalue weighted by Gasteiger charge is 2.07. The number of hydrogen-bond donors (Lipinski definition) is 0. The van der Waals surface area contributed by atoms with Crippen LogP contribution in [0.15, 0.2) is 78.9 Å². The van der Waals surface area contributed by atoms with Crippen LogP contribution < -0.4 is 4.74 Å². The molecule has 0 amide bonds. The van der Waals surface area contributed by atoms with E-state index in [9.17, 15) is 4.79 Å². The highest BCUT2D eigenvalue weighted by molar-refractivity contribution is 5.75. The maximum atomic E-state index is 12.0. The van der Waals surface area contributed by atoms with Gasteiger partial charge in [-0.15, -0.1) is 0 Å². The third-order valence-corrected chi connectivity index (χ3v) is 3.62. The van der Waals surface area contributed by atoms with Crippen LogP contribution in [-0.2, 0) is 11.2 Å². The number of esters is 1. The summed E-state index contributed by atoms with van der Waals surface area (Å²) in [5.74, 6) is 0.118. The van der Waals surface area contributed by atoms with Crippen molar-refractivity contribution in [2.45, 2.75) is 6.42 Å². The van der Waals surface area contributed by atoms with Gasteiger partial charge in [0.15, 0.2) is 0 Å². The van der Waals surface area contributed by atoms with Gasteiger partial charge in [-0.1, -0.05) is 54.6 Å². The van der Waals surface area contributed by atoms with Crippen LogP contribution in [0.5, 0.6) is 5.75 Å². The first-order valence-electron chi connectivity index (χ1n) is 7.60. The molecule has 0 spiro atoms. The predicted molar refractivity (Wildman–Crippen MR) is 92.4 cm³/mol. The standard InChI is InChI=1S/C21H15NO2/c22-15-17-8-12-20(13-9-17)24-21(23)14-16-6-10-19(11-7-16)18-4-2-1-3-5-18/h1-13H,14H2. The van der Waals surface area contributed by atoms with Gasteiger partial charge in [-0.25, -0.2) is 0 Å². The zero-order valence-corrected chi connectivity index (χ0v) is 13.0. The molecule has 0 aromatic heterocycles. The van der Waals surface area contributed by atoms with Crippen LogP contribution >= 0.6 is 0 Å². The smallest absolute Gasteiger partial charge is 0.315 e. The first-order valence-corrected chi connectivity index (χ1v) is 7.60. The first kappa shape index (κ1) is 15.5. The van der Waals surface area contributed by atoms with Crippen molar-refractivity contribution in [2.75, 3.05) is 0 Å². The molecular formula is C21H15NO2. The summed E-state index contributed by atoms with van der Waals surface area (Å²) >= 11 is 0.